The third kappa shape index (κ3) is 6.43. The molecule has 7 heteroatoms. The number of hydrogen-bond acceptors (Lipinski definition) is 7. The first-order chi connectivity index (χ1) is 24.8. The van der Waals surface area contributed by atoms with Crippen LogP contribution in [0.15, 0.2) is 128 Å². The summed E-state index contributed by atoms with van der Waals surface area (Å²) in [6, 6.07) is 31.9. The highest BCUT2D eigenvalue weighted by Crippen LogP contribution is 2.33. The molecule has 0 N–H and O–H groups in total. The predicted octanol–water partition coefficient (Wildman–Crippen LogP) is 9.96. The van der Waals surface area contributed by atoms with Crippen LogP contribution < -0.4 is 21.1 Å². The van der Waals surface area contributed by atoms with Crippen LogP contribution in [-0.4, -0.2) is 31.2 Å². The average molecular weight is 676 g/mol. The van der Waals surface area contributed by atoms with Gasteiger partial charge in [-0.1, -0.05) is 48.5 Å². The molecule has 0 aliphatic rings. The second-order valence-corrected chi connectivity index (χ2v) is 12.7. The summed E-state index contributed by atoms with van der Waals surface area (Å²) >= 11 is 0. The minimum Gasteiger partial charge on any atom is -0.422 e. The van der Waals surface area contributed by atoms with Crippen LogP contribution in [0.1, 0.15) is 33.3 Å². The molecule has 0 saturated heterocycles. The van der Waals surface area contributed by atoms with Gasteiger partial charge >= 0.3 is 11.3 Å². The second kappa shape index (κ2) is 14.1. The van der Waals surface area contributed by atoms with Gasteiger partial charge in [0.1, 0.15) is 11.2 Å². The van der Waals surface area contributed by atoms with Crippen molar-refractivity contribution in [2.75, 3.05) is 36.0 Å². The molecule has 256 valence electrons. The summed E-state index contributed by atoms with van der Waals surface area (Å²) in [6.07, 6.45) is 3.67. The summed E-state index contributed by atoms with van der Waals surface area (Å²) in [6.45, 7) is 13.9. The molecule has 7 aromatic rings. The van der Waals surface area contributed by atoms with Gasteiger partial charge in [0.05, 0.1) is 11.1 Å². The second-order valence-electron chi connectivity index (χ2n) is 12.7. The number of nitrogens with zero attached hydrogens (tertiary/aromatic N) is 3. The summed E-state index contributed by atoms with van der Waals surface area (Å²) in [5, 5.41) is 1.81. The Labute approximate surface area is 297 Å². The van der Waals surface area contributed by atoms with E-state index in [9.17, 15) is 9.59 Å². The van der Waals surface area contributed by atoms with Gasteiger partial charge in [0.2, 0.25) is 0 Å². The van der Waals surface area contributed by atoms with E-state index in [0.29, 0.717) is 22.3 Å². The predicted molar refractivity (Wildman–Crippen MR) is 210 cm³/mol. The zero-order valence-electron chi connectivity index (χ0n) is 29.7. The molecule has 0 saturated carbocycles. The van der Waals surface area contributed by atoms with E-state index in [4.69, 9.17) is 8.83 Å². The number of benzene rings is 4. The fourth-order valence-electron chi connectivity index (χ4n) is 6.98. The number of aromatic nitrogens is 1. The molecule has 0 amide bonds. The largest absolute Gasteiger partial charge is 0.422 e. The number of pyridine rings is 1. The fraction of sp³-hybridized carbons (Fsp3) is 0.205. The first-order valence-corrected chi connectivity index (χ1v) is 17.6. The number of anilines is 2. The summed E-state index contributed by atoms with van der Waals surface area (Å²) < 4.78 is 11.6. The maximum atomic E-state index is 13.3. The Morgan fingerprint density at radius 3 is 1.63 bits per heavy atom. The quantitative estimate of drug-likeness (QED) is 0.134. The molecule has 0 aliphatic carbocycles. The van der Waals surface area contributed by atoms with Gasteiger partial charge in [-0.2, -0.15) is 0 Å². The molecule has 0 bridgehead atoms. The van der Waals surface area contributed by atoms with Crippen LogP contribution in [0.2, 0.25) is 0 Å². The molecular weight excluding hydrogens is 635 g/mol. The van der Waals surface area contributed by atoms with Gasteiger partial charge in [-0.25, -0.2) is 9.59 Å². The van der Waals surface area contributed by atoms with Crippen molar-refractivity contribution in [1.29, 1.82) is 0 Å². The van der Waals surface area contributed by atoms with Crippen LogP contribution >= 0.6 is 0 Å². The highest BCUT2D eigenvalue weighted by Gasteiger charge is 2.16. The molecule has 3 aromatic heterocycles. The molecule has 0 radical (unpaired) electrons. The van der Waals surface area contributed by atoms with E-state index in [2.05, 4.69) is 60.7 Å². The molecule has 0 atom stereocenters. The highest BCUT2D eigenvalue weighted by atomic mass is 16.4. The van der Waals surface area contributed by atoms with Crippen molar-refractivity contribution in [1.82, 2.24) is 4.98 Å². The van der Waals surface area contributed by atoms with Crippen molar-refractivity contribution in [3.05, 3.63) is 136 Å². The van der Waals surface area contributed by atoms with Gasteiger partial charge < -0.3 is 18.6 Å². The molecule has 0 unspecified atom stereocenters. The molecule has 0 spiro atoms. The minimum absolute atomic E-state index is 0.345. The normalized spacial score (nSPS) is 11.3. The van der Waals surface area contributed by atoms with Gasteiger partial charge in [0, 0.05) is 84.0 Å². The van der Waals surface area contributed by atoms with Crippen molar-refractivity contribution in [2.24, 2.45) is 0 Å². The first kappa shape index (κ1) is 33.5. The molecule has 0 fully saturated rings. The maximum Gasteiger partial charge on any atom is 0.344 e. The number of hydrogen-bond donors (Lipinski definition) is 0. The van der Waals surface area contributed by atoms with Crippen LogP contribution in [0.25, 0.3) is 66.4 Å². The lowest BCUT2D eigenvalue weighted by Crippen LogP contribution is -2.21. The SMILES string of the molecule is CCN(CC)c1ccc2cc(-c3ccc(-c4cncc(-c5ccc(-c6c(C)c7ccc(N(CC)CC)cc7oc6=O)cc5)c4)cc3)c(=O)oc2c1. The Morgan fingerprint density at radius 1 is 0.529 bits per heavy atom. The number of aryl methyl sites for hydroxylation is 1. The molecule has 7 nitrogen and oxygen atoms in total. The maximum absolute atomic E-state index is 13.3. The molecule has 51 heavy (non-hydrogen) atoms. The van der Waals surface area contributed by atoms with E-state index in [1.165, 1.54) is 0 Å². The van der Waals surface area contributed by atoms with Crippen LogP contribution in [0.4, 0.5) is 11.4 Å². The molecular formula is C44H41N3O4. The summed E-state index contributed by atoms with van der Waals surface area (Å²) in [5.41, 5.74) is 10.0. The standard InChI is InChI=1S/C44H41N3O4/c1-6-46(7-2)36-19-18-33-23-39(43(48)50-40(33)24-36)31-14-10-29(11-15-31)34-22-35(27-45-26-34)30-12-16-32(17-13-30)42-28(5)38-21-20-37(47(8-3)9-4)25-41(38)51-44(42)49/h10-27H,6-9H2,1-5H3. The molecule has 0 aliphatic heterocycles. The van der Waals surface area contributed by atoms with Crippen molar-refractivity contribution in [3.63, 3.8) is 0 Å². The van der Waals surface area contributed by atoms with Crippen molar-refractivity contribution in [2.45, 2.75) is 34.6 Å². The lowest BCUT2D eigenvalue weighted by molar-refractivity contribution is 0.562. The summed E-state index contributed by atoms with van der Waals surface area (Å²) in [5.74, 6) is 0. The van der Waals surface area contributed by atoms with Crippen LogP contribution in [-0.2, 0) is 0 Å². The van der Waals surface area contributed by atoms with Crippen molar-refractivity contribution < 1.29 is 8.83 Å². The Morgan fingerprint density at radius 2 is 1.04 bits per heavy atom. The minimum atomic E-state index is -0.361. The van der Waals surface area contributed by atoms with Crippen LogP contribution in [0.5, 0.6) is 0 Å². The zero-order chi connectivity index (χ0) is 35.6. The molecule has 3 heterocycles. The van der Waals surface area contributed by atoms with E-state index < -0.39 is 0 Å². The Kier molecular flexibility index (Phi) is 9.28. The fourth-order valence-corrected chi connectivity index (χ4v) is 6.98. The lowest BCUT2D eigenvalue weighted by atomic mass is 9.96. The van der Waals surface area contributed by atoms with E-state index in [1.54, 1.807) is 0 Å². The van der Waals surface area contributed by atoms with E-state index in [0.717, 1.165) is 87.3 Å². The van der Waals surface area contributed by atoms with E-state index >= 15 is 0 Å². The smallest absolute Gasteiger partial charge is 0.344 e. The highest BCUT2D eigenvalue weighted by molar-refractivity contribution is 5.89. The van der Waals surface area contributed by atoms with Gasteiger partial charge in [0.15, 0.2) is 0 Å². The van der Waals surface area contributed by atoms with Gasteiger partial charge in [-0.3, -0.25) is 4.98 Å². The van der Waals surface area contributed by atoms with E-state index in [-0.39, 0.29) is 11.3 Å². The lowest BCUT2D eigenvalue weighted by Gasteiger charge is -2.21. The number of rotatable bonds is 10. The monoisotopic (exact) mass is 675 g/mol. The number of fused-ring (bicyclic) bond motifs is 2. The van der Waals surface area contributed by atoms with Crippen LogP contribution in [0.3, 0.4) is 0 Å². The Hall–Kier alpha value is -5.95. The van der Waals surface area contributed by atoms with Crippen LogP contribution in [0, 0.1) is 6.92 Å². The summed E-state index contributed by atoms with van der Waals surface area (Å²) in [4.78, 5) is 35.3. The Bertz CT molecular complexity index is 2470. The van der Waals surface area contributed by atoms with Gasteiger partial charge in [-0.15, -0.1) is 0 Å². The average Bonchev–Trinajstić information content (AvgIpc) is 3.16. The molecule has 4 aromatic carbocycles. The van der Waals surface area contributed by atoms with Gasteiger partial charge in [0.25, 0.3) is 0 Å². The molecule has 7 rings (SSSR count). The van der Waals surface area contributed by atoms with E-state index in [1.807, 2.05) is 98.2 Å². The first-order valence-electron chi connectivity index (χ1n) is 17.6. The third-order valence-corrected chi connectivity index (χ3v) is 9.90. The van der Waals surface area contributed by atoms with Gasteiger partial charge in [-0.05, 0) is 98.8 Å². The zero-order valence-corrected chi connectivity index (χ0v) is 29.7. The van der Waals surface area contributed by atoms with Crippen molar-refractivity contribution in [3.8, 4) is 44.5 Å². The third-order valence-electron chi connectivity index (χ3n) is 9.90. The topological polar surface area (TPSA) is 79.8 Å². The van der Waals surface area contributed by atoms with Crippen molar-refractivity contribution >= 4 is 33.3 Å². The summed E-state index contributed by atoms with van der Waals surface area (Å²) in [7, 11) is 0. The Balaban J connectivity index is 1.13.